The standard InChI is InChI=1S/2C9H23N3.2C2H3N.2BrH.2Cu.2H2O/c2*1-10(2)6-8-12(5)9-7-11(3)4;2*1-2-3;;;;;;/h2*6-9H2,1-5H3;2*1H3;2*1H;;;2*1H2/q;;;;;;2*+2;;/p-4. The second-order valence-electron chi connectivity index (χ2n) is 8.27. The number of halogens is 2. The van der Waals surface area contributed by atoms with Crippen LogP contribution in [0.3, 0.4) is 0 Å². The van der Waals surface area contributed by atoms with Gasteiger partial charge in [0.2, 0.25) is 0 Å². The monoisotopic (exact) mass is 746 g/mol. The molecule has 0 atom stereocenters. The first-order chi connectivity index (χ1) is 13.9. The van der Waals surface area contributed by atoms with Gasteiger partial charge in [-0.1, -0.05) is 0 Å². The molecule has 0 unspecified atom stereocenters. The maximum Gasteiger partial charge on any atom is 2.00 e. The molecule has 0 rings (SSSR count). The van der Waals surface area contributed by atoms with Crippen LogP contribution in [-0.2, 0) is 34.1 Å². The molecule has 0 saturated heterocycles. The molecule has 2 radical (unpaired) electrons. The summed E-state index contributed by atoms with van der Waals surface area (Å²) in [6.07, 6.45) is 0. The Bertz CT molecular complexity index is 368. The number of nitriles is 2. The molecule has 230 valence electrons. The number of likely N-dealkylation sites (N-methyl/N-ethyl adjacent to an activating group) is 6. The fourth-order valence-electron chi connectivity index (χ4n) is 1.71. The summed E-state index contributed by atoms with van der Waals surface area (Å²) in [5.41, 5.74) is 0. The van der Waals surface area contributed by atoms with Crippen molar-refractivity contribution >= 4 is 0 Å². The second-order valence-corrected chi connectivity index (χ2v) is 8.27. The average Bonchev–Trinajstić information content (AvgIpc) is 2.63. The van der Waals surface area contributed by atoms with Gasteiger partial charge in [-0.25, -0.2) is 0 Å². The van der Waals surface area contributed by atoms with Crippen LogP contribution in [-0.4, -0.2) is 163 Å². The van der Waals surface area contributed by atoms with Crippen LogP contribution in [0, 0.1) is 22.7 Å². The molecular weight excluding hydrogens is 695 g/mol. The minimum Gasteiger partial charge on any atom is -1.00 e. The zero-order valence-corrected chi connectivity index (χ0v) is 29.5. The summed E-state index contributed by atoms with van der Waals surface area (Å²) in [6, 6.07) is 3.50. The number of hydrogen-bond donors (Lipinski definition) is 0. The fourth-order valence-corrected chi connectivity index (χ4v) is 1.71. The van der Waals surface area contributed by atoms with Gasteiger partial charge in [0.05, 0.1) is 12.1 Å². The Kier molecular flexibility index (Phi) is 95.0. The molecule has 2 N–H and O–H groups in total. The quantitative estimate of drug-likeness (QED) is 0.179. The SMILES string of the molecule is CC#N.CC#N.CN(C)CCN(C)CCN(C)C.CN(C)CCN(C)CCN(C)C.[Br-].[Br-].[Cu+2].[Cu+2].[OH-].[OH-]. The van der Waals surface area contributed by atoms with E-state index in [2.05, 4.69) is 99.9 Å². The summed E-state index contributed by atoms with van der Waals surface area (Å²) >= 11 is 0. The second kappa shape index (κ2) is 52.2. The van der Waals surface area contributed by atoms with Crippen LogP contribution in [0.4, 0.5) is 0 Å². The smallest absolute Gasteiger partial charge is 1.00 e. The van der Waals surface area contributed by atoms with Crippen LogP contribution < -0.4 is 34.0 Å². The normalized spacial score (nSPS) is 8.44. The van der Waals surface area contributed by atoms with Crippen LogP contribution in [0.25, 0.3) is 0 Å². The summed E-state index contributed by atoms with van der Waals surface area (Å²) in [5, 5.41) is 14.6. The van der Waals surface area contributed by atoms with Crippen LogP contribution >= 0.6 is 0 Å². The molecule has 0 aliphatic rings. The first kappa shape index (κ1) is 65.6. The number of rotatable bonds is 12. The molecule has 0 aromatic rings. The molecule has 0 heterocycles. The van der Waals surface area contributed by atoms with Gasteiger partial charge in [-0.15, -0.1) is 0 Å². The van der Waals surface area contributed by atoms with E-state index in [0.29, 0.717) is 0 Å². The Balaban J connectivity index is -0.0000000337. The summed E-state index contributed by atoms with van der Waals surface area (Å²) in [4.78, 5) is 13.6. The molecule has 0 aromatic heterocycles. The van der Waals surface area contributed by atoms with E-state index in [4.69, 9.17) is 10.5 Å². The van der Waals surface area contributed by atoms with E-state index in [-0.39, 0.29) is 79.1 Å². The van der Waals surface area contributed by atoms with E-state index < -0.39 is 0 Å². The van der Waals surface area contributed by atoms with Gasteiger partial charge in [0.15, 0.2) is 0 Å². The molecule has 0 amide bonds. The van der Waals surface area contributed by atoms with E-state index in [0.717, 1.165) is 52.4 Å². The third-order valence-electron chi connectivity index (χ3n) is 3.72. The van der Waals surface area contributed by atoms with Crippen LogP contribution in [0.2, 0.25) is 0 Å². The van der Waals surface area contributed by atoms with Crippen molar-refractivity contribution in [3.05, 3.63) is 0 Å². The van der Waals surface area contributed by atoms with Gasteiger partial charge in [0.25, 0.3) is 0 Å². The minimum atomic E-state index is 0. The van der Waals surface area contributed by atoms with Crippen LogP contribution in [0.15, 0.2) is 0 Å². The first-order valence-electron chi connectivity index (χ1n) is 10.4. The van der Waals surface area contributed by atoms with Crippen LogP contribution in [0.1, 0.15) is 13.8 Å². The Morgan fingerprint density at radius 3 is 0.611 bits per heavy atom. The molecule has 0 aliphatic heterocycles. The van der Waals surface area contributed by atoms with Gasteiger partial charge in [0.1, 0.15) is 0 Å². The van der Waals surface area contributed by atoms with E-state index >= 15 is 0 Å². The molecule has 0 aromatic carbocycles. The van der Waals surface area contributed by atoms with Crippen molar-refractivity contribution in [2.24, 2.45) is 0 Å². The molecule has 0 aliphatic carbocycles. The van der Waals surface area contributed by atoms with Crippen molar-refractivity contribution in [3.8, 4) is 12.1 Å². The molecular formula is C22H54Br2Cu2N8O2. The van der Waals surface area contributed by atoms with Gasteiger partial charge >= 0.3 is 34.1 Å². The summed E-state index contributed by atoms with van der Waals surface area (Å²) in [5.74, 6) is 0. The van der Waals surface area contributed by atoms with Crippen molar-refractivity contribution in [1.29, 1.82) is 10.5 Å². The van der Waals surface area contributed by atoms with Crippen molar-refractivity contribution in [2.45, 2.75) is 13.8 Å². The fraction of sp³-hybridized carbons (Fsp3) is 0.909. The van der Waals surface area contributed by atoms with Gasteiger partial charge in [0, 0.05) is 66.2 Å². The Morgan fingerprint density at radius 2 is 0.528 bits per heavy atom. The predicted molar refractivity (Wildman–Crippen MR) is 136 cm³/mol. The van der Waals surface area contributed by atoms with E-state index in [1.807, 2.05) is 0 Å². The molecule has 0 bridgehead atoms. The largest absolute Gasteiger partial charge is 2.00 e. The topological polar surface area (TPSA) is 127 Å². The molecule has 0 spiro atoms. The minimum absolute atomic E-state index is 0. The number of hydrogen-bond acceptors (Lipinski definition) is 10. The zero-order valence-electron chi connectivity index (χ0n) is 24.5. The zero-order chi connectivity index (χ0) is 24.5. The van der Waals surface area contributed by atoms with Gasteiger partial charge in [-0.3, -0.25) is 0 Å². The number of nitrogens with zero attached hydrogens (tertiary/aromatic N) is 8. The summed E-state index contributed by atoms with van der Waals surface area (Å²) < 4.78 is 0. The molecule has 36 heavy (non-hydrogen) atoms. The van der Waals surface area contributed by atoms with Crippen molar-refractivity contribution in [3.63, 3.8) is 0 Å². The maximum atomic E-state index is 7.32. The molecule has 0 saturated carbocycles. The predicted octanol–water partition coefficient (Wildman–Crippen LogP) is -5.21. The van der Waals surface area contributed by atoms with Crippen molar-refractivity contribution in [2.75, 3.05) is 123 Å². The third-order valence-corrected chi connectivity index (χ3v) is 3.72. The Labute approximate surface area is 266 Å². The van der Waals surface area contributed by atoms with Crippen molar-refractivity contribution < 1.29 is 79.1 Å². The van der Waals surface area contributed by atoms with Crippen molar-refractivity contribution in [1.82, 2.24) is 29.4 Å². The summed E-state index contributed by atoms with van der Waals surface area (Å²) in [7, 11) is 21.2. The molecule has 0 fully saturated rings. The maximum absolute atomic E-state index is 7.32. The van der Waals surface area contributed by atoms with E-state index in [9.17, 15) is 0 Å². The first-order valence-corrected chi connectivity index (χ1v) is 10.4. The van der Waals surface area contributed by atoms with E-state index in [1.54, 1.807) is 12.1 Å². The Hall–Kier alpha value is 0.659. The summed E-state index contributed by atoms with van der Waals surface area (Å²) in [6.45, 7) is 12.0. The Morgan fingerprint density at radius 1 is 0.417 bits per heavy atom. The third kappa shape index (κ3) is 92.0. The van der Waals surface area contributed by atoms with E-state index in [1.165, 1.54) is 13.8 Å². The van der Waals surface area contributed by atoms with Gasteiger partial charge in [-0.05, 0) is 70.5 Å². The van der Waals surface area contributed by atoms with Gasteiger partial charge in [-0.2, -0.15) is 10.5 Å². The van der Waals surface area contributed by atoms with Gasteiger partial charge < -0.3 is 74.3 Å². The molecule has 10 nitrogen and oxygen atoms in total. The molecule has 14 heteroatoms. The van der Waals surface area contributed by atoms with Crippen LogP contribution in [0.5, 0.6) is 0 Å². The average molecular weight is 750 g/mol.